The molecule has 1 aliphatic heterocycles. The maximum absolute atomic E-state index is 12.8. The molecule has 0 unspecified atom stereocenters. The molecule has 0 bridgehead atoms. The van der Waals surface area contributed by atoms with Crippen LogP contribution in [0.1, 0.15) is 23.6 Å². The molecule has 148 valence electrons. The van der Waals surface area contributed by atoms with Gasteiger partial charge in [-0.25, -0.2) is 0 Å². The van der Waals surface area contributed by atoms with Crippen LogP contribution in [0.15, 0.2) is 48.5 Å². The number of rotatable bonds is 7. The van der Waals surface area contributed by atoms with Gasteiger partial charge in [0.1, 0.15) is 0 Å². The van der Waals surface area contributed by atoms with E-state index in [0.717, 1.165) is 11.1 Å². The summed E-state index contributed by atoms with van der Waals surface area (Å²) < 4.78 is 10.6. The average Bonchev–Trinajstić information content (AvgIpc) is 3.03. The lowest BCUT2D eigenvalue weighted by atomic mass is 9.93. The van der Waals surface area contributed by atoms with Gasteiger partial charge in [-0.05, 0) is 29.7 Å². The molecule has 0 aliphatic carbocycles. The molecule has 0 spiro atoms. The minimum Gasteiger partial charge on any atom is -0.493 e. The largest absolute Gasteiger partial charge is 0.493 e. The van der Waals surface area contributed by atoms with Crippen molar-refractivity contribution in [3.8, 4) is 11.5 Å². The molecular weight excluding hydrogens is 356 g/mol. The molecule has 2 atom stereocenters. The molecular formula is C22H26N2O4. The smallest absolute Gasteiger partial charge is 0.226 e. The van der Waals surface area contributed by atoms with Gasteiger partial charge in [0, 0.05) is 20.0 Å². The molecule has 1 N–H and O–H groups in total. The highest BCUT2D eigenvalue weighted by atomic mass is 16.5. The van der Waals surface area contributed by atoms with Crippen molar-refractivity contribution in [3.05, 3.63) is 59.7 Å². The van der Waals surface area contributed by atoms with Gasteiger partial charge in [0.2, 0.25) is 11.8 Å². The van der Waals surface area contributed by atoms with E-state index in [-0.39, 0.29) is 30.2 Å². The van der Waals surface area contributed by atoms with Crippen molar-refractivity contribution in [2.75, 3.05) is 27.8 Å². The number of likely N-dealkylation sites (tertiary alicyclic amines) is 1. The number of hydrogen-bond acceptors (Lipinski definition) is 4. The average molecular weight is 382 g/mol. The number of carbonyl (C=O) groups is 2. The summed E-state index contributed by atoms with van der Waals surface area (Å²) in [6.45, 7) is 0.490. The first-order valence-corrected chi connectivity index (χ1v) is 9.34. The Labute approximate surface area is 165 Å². The second-order valence-electron chi connectivity index (χ2n) is 6.90. The number of ether oxygens (including phenoxy) is 2. The van der Waals surface area contributed by atoms with Crippen molar-refractivity contribution < 1.29 is 19.1 Å². The zero-order valence-electron chi connectivity index (χ0n) is 16.5. The van der Waals surface area contributed by atoms with Crippen LogP contribution in [0.25, 0.3) is 0 Å². The molecule has 1 fully saturated rings. The quantitative estimate of drug-likeness (QED) is 0.799. The Kier molecular flexibility index (Phi) is 6.19. The summed E-state index contributed by atoms with van der Waals surface area (Å²) in [4.78, 5) is 26.7. The molecule has 0 radical (unpaired) electrons. The molecule has 6 nitrogen and oxygen atoms in total. The number of amides is 2. The van der Waals surface area contributed by atoms with E-state index in [2.05, 4.69) is 5.32 Å². The number of carbonyl (C=O) groups excluding carboxylic acids is 2. The second-order valence-corrected chi connectivity index (χ2v) is 6.90. The van der Waals surface area contributed by atoms with E-state index in [1.807, 2.05) is 48.5 Å². The van der Waals surface area contributed by atoms with Crippen LogP contribution in [0.2, 0.25) is 0 Å². The van der Waals surface area contributed by atoms with Crippen LogP contribution in [0, 0.1) is 5.92 Å². The molecule has 1 aliphatic rings. The summed E-state index contributed by atoms with van der Waals surface area (Å²) >= 11 is 0. The van der Waals surface area contributed by atoms with Crippen LogP contribution in [0.3, 0.4) is 0 Å². The van der Waals surface area contributed by atoms with Gasteiger partial charge in [-0.1, -0.05) is 36.4 Å². The van der Waals surface area contributed by atoms with Gasteiger partial charge in [0.05, 0.1) is 26.2 Å². The molecule has 1 saturated heterocycles. The van der Waals surface area contributed by atoms with Gasteiger partial charge in [-0.15, -0.1) is 0 Å². The van der Waals surface area contributed by atoms with Crippen molar-refractivity contribution in [2.45, 2.75) is 18.9 Å². The monoisotopic (exact) mass is 382 g/mol. The standard InChI is InChI=1S/C22H26N2O4/c1-24-20(25)14-17(21(24)16-7-5-4-6-8-16)22(26)23-12-11-15-9-10-18(27-2)19(13-15)28-3/h4-10,13,17,21H,11-12,14H2,1-3H3,(H,23,26)/t17-,21+/m1/s1. The highest BCUT2D eigenvalue weighted by molar-refractivity contribution is 5.90. The molecule has 2 aromatic rings. The van der Waals surface area contributed by atoms with Crippen molar-refractivity contribution >= 4 is 11.8 Å². The summed E-state index contributed by atoms with van der Waals surface area (Å²) in [6.07, 6.45) is 0.900. The van der Waals surface area contributed by atoms with E-state index >= 15 is 0 Å². The van der Waals surface area contributed by atoms with Crippen LogP contribution in [-0.2, 0) is 16.0 Å². The van der Waals surface area contributed by atoms with E-state index in [1.165, 1.54) is 0 Å². The molecule has 2 aromatic carbocycles. The van der Waals surface area contributed by atoms with Crippen LogP contribution < -0.4 is 14.8 Å². The highest BCUT2D eigenvalue weighted by Crippen LogP contribution is 2.37. The van der Waals surface area contributed by atoms with Crippen LogP contribution >= 0.6 is 0 Å². The van der Waals surface area contributed by atoms with Crippen LogP contribution in [-0.4, -0.2) is 44.5 Å². The van der Waals surface area contributed by atoms with Gasteiger partial charge in [-0.2, -0.15) is 0 Å². The first kappa shape index (κ1) is 19.7. The number of nitrogens with one attached hydrogen (secondary N) is 1. The summed E-state index contributed by atoms with van der Waals surface area (Å²) in [7, 11) is 4.96. The number of methoxy groups -OCH3 is 2. The second kappa shape index (κ2) is 8.78. The van der Waals surface area contributed by atoms with E-state index in [9.17, 15) is 9.59 Å². The van der Waals surface area contributed by atoms with Crippen molar-refractivity contribution in [1.82, 2.24) is 10.2 Å². The van der Waals surface area contributed by atoms with Crippen molar-refractivity contribution in [1.29, 1.82) is 0 Å². The Balaban J connectivity index is 1.63. The van der Waals surface area contributed by atoms with Gasteiger partial charge in [0.25, 0.3) is 0 Å². The third-order valence-corrected chi connectivity index (χ3v) is 5.23. The summed E-state index contributed by atoms with van der Waals surface area (Å²) in [5, 5.41) is 2.99. The summed E-state index contributed by atoms with van der Waals surface area (Å²) in [5.41, 5.74) is 2.02. The first-order chi connectivity index (χ1) is 13.5. The molecule has 2 amide bonds. The summed E-state index contributed by atoms with van der Waals surface area (Å²) in [6, 6.07) is 15.2. The lowest BCUT2D eigenvalue weighted by Crippen LogP contribution is -2.35. The third-order valence-electron chi connectivity index (χ3n) is 5.23. The molecule has 3 rings (SSSR count). The molecule has 0 saturated carbocycles. The first-order valence-electron chi connectivity index (χ1n) is 9.34. The zero-order valence-corrected chi connectivity index (χ0v) is 16.5. The van der Waals surface area contributed by atoms with Gasteiger partial charge < -0.3 is 19.7 Å². The normalized spacial score (nSPS) is 18.8. The van der Waals surface area contributed by atoms with E-state index < -0.39 is 0 Å². The fraction of sp³-hybridized carbons (Fsp3) is 0.364. The third kappa shape index (κ3) is 4.11. The number of nitrogens with zero attached hydrogens (tertiary/aromatic N) is 1. The SMILES string of the molecule is COc1ccc(CCNC(=O)[C@@H]2CC(=O)N(C)[C@H]2c2ccccc2)cc1OC. The maximum atomic E-state index is 12.8. The van der Waals surface area contributed by atoms with Gasteiger partial charge >= 0.3 is 0 Å². The Morgan fingerprint density at radius 1 is 1.11 bits per heavy atom. The molecule has 1 heterocycles. The van der Waals surface area contributed by atoms with Crippen molar-refractivity contribution in [2.24, 2.45) is 5.92 Å². The predicted molar refractivity (Wildman–Crippen MR) is 106 cm³/mol. The fourth-order valence-corrected chi connectivity index (χ4v) is 3.71. The lowest BCUT2D eigenvalue weighted by molar-refractivity contribution is -0.128. The Morgan fingerprint density at radius 3 is 2.50 bits per heavy atom. The highest BCUT2D eigenvalue weighted by Gasteiger charge is 2.42. The molecule has 28 heavy (non-hydrogen) atoms. The van der Waals surface area contributed by atoms with Gasteiger partial charge in [0.15, 0.2) is 11.5 Å². The summed E-state index contributed by atoms with van der Waals surface area (Å²) in [5.74, 6) is 0.859. The Bertz CT molecular complexity index is 838. The van der Waals surface area contributed by atoms with Crippen LogP contribution in [0.4, 0.5) is 0 Å². The fourth-order valence-electron chi connectivity index (χ4n) is 3.71. The molecule has 0 aromatic heterocycles. The van der Waals surface area contributed by atoms with Gasteiger partial charge in [-0.3, -0.25) is 9.59 Å². The Morgan fingerprint density at radius 2 is 1.82 bits per heavy atom. The lowest BCUT2D eigenvalue weighted by Gasteiger charge is -2.25. The zero-order chi connectivity index (χ0) is 20.1. The van der Waals surface area contributed by atoms with Crippen LogP contribution in [0.5, 0.6) is 11.5 Å². The minimum absolute atomic E-state index is 0.00565. The van der Waals surface area contributed by atoms with E-state index in [4.69, 9.17) is 9.47 Å². The van der Waals surface area contributed by atoms with Crippen molar-refractivity contribution in [3.63, 3.8) is 0 Å². The number of benzene rings is 2. The maximum Gasteiger partial charge on any atom is 0.226 e. The predicted octanol–water partition coefficient (Wildman–Crippen LogP) is 2.58. The van der Waals surface area contributed by atoms with E-state index in [1.54, 1.807) is 26.2 Å². The molecule has 6 heteroatoms. The number of hydrogen-bond donors (Lipinski definition) is 1. The minimum atomic E-state index is -0.384. The van der Waals surface area contributed by atoms with E-state index in [0.29, 0.717) is 24.5 Å². The Hall–Kier alpha value is -3.02. The topological polar surface area (TPSA) is 67.9 Å².